The van der Waals surface area contributed by atoms with Crippen molar-refractivity contribution in [1.29, 1.82) is 0 Å². The number of esters is 1. The molecule has 0 aliphatic carbocycles. The maximum atomic E-state index is 11.6. The van der Waals surface area contributed by atoms with Gasteiger partial charge >= 0.3 is 5.97 Å². The van der Waals surface area contributed by atoms with E-state index >= 15 is 0 Å². The van der Waals surface area contributed by atoms with E-state index in [1.165, 1.54) is 13.3 Å². The minimum atomic E-state index is -0.595. The Labute approximate surface area is 106 Å². The summed E-state index contributed by atoms with van der Waals surface area (Å²) in [5.41, 5.74) is 11.5. The number of hydrogen-bond acceptors (Lipinski definition) is 5. The minimum Gasteiger partial charge on any atom is -0.465 e. The predicted octanol–water partition coefficient (Wildman–Crippen LogP) is 1.27. The fourth-order valence-corrected chi connectivity index (χ4v) is 1.34. The van der Waals surface area contributed by atoms with Crippen LogP contribution in [0.1, 0.15) is 6.92 Å². The van der Waals surface area contributed by atoms with Crippen molar-refractivity contribution in [3.8, 4) is 5.75 Å². The van der Waals surface area contributed by atoms with Crippen molar-refractivity contribution in [2.75, 3.05) is 7.11 Å². The van der Waals surface area contributed by atoms with Gasteiger partial charge in [0.1, 0.15) is 11.3 Å². The minimum absolute atomic E-state index is 0.115. The lowest BCUT2D eigenvalue weighted by Gasteiger charge is -2.12. The van der Waals surface area contributed by atoms with Crippen molar-refractivity contribution in [3.63, 3.8) is 0 Å². The van der Waals surface area contributed by atoms with E-state index < -0.39 is 5.97 Å². The molecule has 0 atom stereocenters. The maximum Gasteiger partial charge on any atom is 0.343 e. The van der Waals surface area contributed by atoms with Crippen LogP contribution in [-0.2, 0) is 9.53 Å². The summed E-state index contributed by atoms with van der Waals surface area (Å²) in [5, 5.41) is 0. The molecule has 0 radical (unpaired) electrons. The van der Waals surface area contributed by atoms with Gasteiger partial charge in [-0.15, -0.1) is 0 Å². The molecule has 0 fully saturated rings. The van der Waals surface area contributed by atoms with Gasteiger partial charge in [0.15, 0.2) is 5.76 Å². The number of methoxy groups -OCH3 is 1. The second-order valence-corrected chi connectivity index (χ2v) is 3.50. The van der Waals surface area contributed by atoms with Crippen molar-refractivity contribution in [2.45, 2.75) is 6.92 Å². The van der Waals surface area contributed by atoms with Gasteiger partial charge in [-0.2, -0.15) is 0 Å². The molecule has 96 valence electrons. The molecule has 1 aromatic rings. The molecule has 1 aromatic carbocycles. The van der Waals surface area contributed by atoms with Crippen LogP contribution < -0.4 is 16.2 Å². The SMILES string of the molecule is COC(=O)C(/C(=C\N)Oc1ccccc1)=C(\C)N. The number of rotatable bonds is 4. The fourth-order valence-electron chi connectivity index (χ4n) is 1.34. The summed E-state index contributed by atoms with van der Waals surface area (Å²) in [5.74, 6) is 0.118. The third kappa shape index (κ3) is 3.28. The zero-order valence-electron chi connectivity index (χ0n) is 10.3. The van der Waals surface area contributed by atoms with Gasteiger partial charge in [-0.1, -0.05) is 18.2 Å². The number of para-hydroxylation sites is 1. The summed E-state index contributed by atoms with van der Waals surface area (Å²) in [7, 11) is 1.27. The molecule has 0 amide bonds. The number of carbonyl (C=O) groups is 1. The van der Waals surface area contributed by atoms with Crippen LogP contribution in [0, 0.1) is 0 Å². The Hall–Kier alpha value is -2.43. The fraction of sp³-hybridized carbons (Fsp3) is 0.154. The molecule has 0 aliphatic rings. The molecule has 0 unspecified atom stereocenters. The smallest absolute Gasteiger partial charge is 0.343 e. The molecule has 0 aromatic heterocycles. The standard InChI is InChI=1S/C13H16N2O3/c1-9(15)12(13(16)17-2)11(8-14)18-10-6-4-3-5-7-10/h3-8H,14-15H2,1-2H3/b11-8+,12-9+. The van der Waals surface area contributed by atoms with E-state index in [-0.39, 0.29) is 17.0 Å². The zero-order valence-corrected chi connectivity index (χ0v) is 10.3. The lowest BCUT2D eigenvalue weighted by Crippen LogP contribution is -2.17. The van der Waals surface area contributed by atoms with E-state index in [4.69, 9.17) is 16.2 Å². The van der Waals surface area contributed by atoms with Gasteiger partial charge in [0, 0.05) is 11.9 Å². The predicted molar refractivity (Wildman–Crippen MR) is 68.2 cm³/mol. The summed E-state index contributed by atoms with van der Waals surface area (Å²) in [4.78, 5) is 11.6. The summed E-state index contributed by atoms with van der Waals surface area (Å²) in [6.45, 7) is 1.57. The highest BCUT2D eigenvalue weighted by Crippen LogP contribution is 2.19. The monoisotopic (exact) mass is 248 g/mol. The van der Waals surface area contributed by atoms with Crippen molar-refractivity contribution in [1.82, 2.24) is 0 Å². The van der Waals surface area contributed by atoms with Gasteiger partial charge in [0.05, 0.1) is 7.11 Å². The van der Waals surface area contributed by atoms with Crippen LogP contribution in [0.15, 0.2) is 53.6 Å². The highest BCUT2D eigenvalue weighted by molar-refractivity contribution is 5.93. The Morgan fingerprint density at radius 2 is 1.89 bits per heavy atom. The number of carbonyl (C=O) groups excluding carboxylic acids is 1. The number of nitrogens with two attached hydrogens (primary N) is 2. The molecular formula is C13H16N2O3. The summed E-state index contributed by atoms with van der Waals surface area (Å²) in [6, 6.07) is 8.94. The normalized spacial score (nSPS) is 12.7. The molecule has 0 heterocycles. The first-order valence-corrected chi connectivity index (χ1v) is 5.30. The van der Waals surface area contributed by atoms with Crippen LogP contribution in [0.25, 0.3) is 0 Å². The quantitative estimate of drug-likeness (QED) is 0.362. The molecular weight excluding hydrogens is 232 g/mol. The second-order valence-electron chi connectivity index (χ2n) is 3.50. The molecule has 0 saturated carbocycles. The van der Waals surface area contributed by atoms with Crippen molar-refractivity contribution in [3.05, 3.63) is 53.6 Å². The van der Waals surface area contributed by atoms with Crippen LogP contribution in [0.3, 0.4) is 0 Å². The van der Waals surface area contributed by atoms with Crippen molar-refractivity contribution < 1.29 is 14.3 Å². The van der Waals surface area contributed by atoms with E-state index in [2.05, 4.69) is 4.74 Å². The van der Waals surface area contributed by atoms with E-state index in [0.29, 0.717) is 5.75 Å². The Balaban J connectivity index is 3.04. The number of benzene rings is 1. The summed E-state index contributed by atoms with van der Waals surface area (Å²) < 4.78 is 10.1. The van der Waals surface area contributed by atoms with Crippen molar-refractivity contribution in [2.24, 2.45) is 11.5 Å². The largest absolute Gasteiger partial charge is 0.465 e. The van der Waals surface area contributed by atoms with Crippen LogP contribution in [0.5, 0.6) is 5.75 Å². The zero-order chi connectivity index (χ0) is 13.5. The van der Waals surface area contributed by atoms with Crippen LogP contribution >= 0.6 is 0 Å². The van der Waals surface area contributed by atoms with Crippen LogP contribution in [-0.4, -0.2) is 13.1 Å². The van der Waals surface area contributed by atoms with E-state index in [9.17, 15) is 4.79 Å². The Kier molecular flexibility index (Phi) is 4.80. The Morgan fingerprint density at radius 1 is 1.28 bits per heavy atom. The summed E-state index contributed by atoms with van der Waals surface area (Å²) >= 11 is 0. The lowest BCUT2D eigenvalue weighted by atomic mass is 10.2. The van der Waals surface area contributed by atoms with Gasteiger partial charge in [0.25, 0.3) is 0 Å². The average Bonchev–Trinajstić information content (AvgIpc) is 2.38. The first-order valence-electron chi connectivity index (χ1n) is 5.30. The highest BCUT2D eigenvalue weighted by Gasteiger charge is 2.19. The average molecular weight is 248 g/mol. The first kappa shape index (κ1) is 13.6. The maximum absolute atomic E-state index is 11.6. The molecule has 0 saturated heterocycles. The molecule has 5 nitrogen and oxygen atoms in total. The van der Waals surface area contributed by atoms with Gasteiger partial charge in [-0.05, 0) is 19.1 Å². The number of ether oxygens (including phenoxy) is 2. The molecule has 5 heteroatoms. The van der Waals surface area contributed by atoms with E-state index in [1.807, 2.05) is 6.07 Å². The van der Waals surface area contributed by atoms with Crippen LogP contribution in [0.2, 0.25) is 0 Å². The third-order valence-corrected chi connectivity index (χ3v) is 2.15. The molecule has 1 rings (SSSR count). The van der Waals surface area contributed by atoms with Crippen LogP contribution in [0.4, 0.5) is 0 Å². The lowest BCUT2D eigenvalue weighted by molar-refractivity contribution is -0.136. The topological polar surface area (TPSA) is 87.6 Å². The number of hydrogen-bond donors (Lipinski definition) is 2. The molecule has 0 aliphatic heterocycles. The van der Waals surface area contributed by atoms with Gasteiger partial charge < -0.3 is 20.9 Å². The van der Waals surface area contributed by atoms with E-state index in [0.717, 1.165) is 0 Å². The Morgan fingerprint density at radius 3 is 2.33 bits per heavy atom. The molecule has 0 bridgehead atoms. The van der Waals surface area contributed by atoms with Gasteiger partial charge in [-0.3, -0.25) is 0 Å². The molecule has 4 N–H and O–H groups in total. The highest BCUT2D eigenvalue weighted by atomic mass is 16.5. The third-order valence-electron chi connectivity index (χ3n) is 2.15. The van der Waals surface area contributed by atoms with Gasteiger partial charge in [0.2, 0.25) is 0 Å². The Bertz CT molecular complexity index is 474. The summed E-state index contributed by atoms with van der Waals surface area (Å²) in [6.07, 6.45) is 1.18. The first-order chi connectivity index (χ1) is 8.60. The second kappa shape index (κ2) is 6.34. The molecule has 18 heavy (non-hydrogen) atoms. The van der Waals surface area contributed by atoms with Gasteiger partial charge in [-0.25, -0.2) is 4.79 Å². The van der Waals surface area contributed by atoms with Crippen molar-refractivity contribution >= 4 is 5.97 Å². The number of allylic oxidation sites excluding steroid dienone is 1. The molecule has 0 spiro atoms. The van der Waals surface area contributed by atoms with E-state index in [1.54, 1.807) is 31.2 Å².